The maximum atomic E-state index is 5.50. The molecule has 30 heavy (non-hydrogen) atoms. The standard InChI is InChI=1S/C22H24N6O2/c1-26-7-9-27(10-8-26)18-5-4-6-19-16(18)13-24-28(19)20-14-23-25-17-12-22(30-3)21(29-2)11-15(17)20/h4-6,11-14H,7-10H2,1-3H3. The van der Waals surface area contributed by atoms with Gasteiger partial charge in [0.25, 0.3) is 0 Å². The van der Waals surface area contributed by atoms with Crippen molar-refractivity contribution in [2.45, 2.75) is 0 Å². The lowest BCUT2D eigenvalue weighted by Gasteiger charge is -2.34. The van der Waals surface area contributed by atoms with Crippen molar-refractivity contribution in [2.75, 3.05) is 52.3 Å². The number of fused-ring (bicyclic) bond motifs is 2. The van der Waals surface area contributed by atoms with Crippen LogP contribution >= 0.6 is 0 Å². The normalized spacial score (nSPS) is 15.1. The second-order valence-corrected chi connectivity index (χ2v) is 7.51. The molecule has 2 aromatic carbocycles. The number of aromatic nitrogens is 4. The van der Waals surface area contributed by atoms with Crippen LogP contribution < -0.4 is 14.4 Å². The summed E-state index contributed by atoms with van der Waals surface area (Å²) in [6.45, 7) is 4.14. The van der Waals surface area contributed by atoms with Gasteiger partial charge in [-0.1, -0.05) is 6.07 Å². The van der Waals surface area contributed by atoms with E-state index in [1.165, 1.54) is 5.69 Å². The third-order valence-electron chi connectivity index (χ3n) is 5.79. The Morgan fingerprint density at radius 3 is 2.40 bits per heavy atom. The van der Waals surface area contributed by atoms with Crippen LogP contribution in [0.25, 0.3) is 27.5 Å². The first-order valence-electron chi connectivity index (χ1n) is 9.97. The van der Waals surface area contributed by atoms with Crippen LogP contribution in [0.5, 0.6) is 11.5 Å². The fourth-order valence-corrected chi connectivity index (χ4v) is 4.09. The minimum absolute atomic E-state index is 0.624. The van der Waals surface area contributed by atoms with Crippen molar-refractivity contribution in [3.63, 3.8) is 0 Å². The van der Waals surface area contributed by atoms with Gasteiger partial charge in [0.2, 0.25) is 0 Å². The van der Waals surface area contributed by atoms with E-state index < -0.39 is 0 Å². The molecule has 0 aliphatic carbocycles. The number of benzene rings is 2. The zero-order valence-corrected chi connectivity index (χ0v) is 17.4. The summed E-state index contributed by atoms with van der Waals surface area (Å²) in [6, 6.07) is 10.1. The third kappa shape index (κ3) is 3.00. The van der Waals surface area contributed by atoms with Gasteiger partial charge in [-0.05, 0) is 25.2 Å². The van der Waals surface area contributed by atoms with Crippen LogP contribution in [-0.2, 0) is 0 Å². The van der Waals surface area contributed by atoms with Gasteiger partial charge in [0.15, 0.2) is 11.5 Å². The van der Waals surface area contributed by atoms with Gasteiger partial charge >= 0.3 is 0 Å². The molecule has 1 aliphatic heterocycles. The lowest BCUT2D eigenvalue weighted by atomic mass is 10.1. The van der Waals surface area contributed by atoms with Crippen molar-refractivity contribution in [1.82, 2.24) is 24.9 Å². The first-order valence-corrected chi connectivity index (χ1v) is 9.97. The molecule has 8 nitrogen and oxygen atoms in total. The van der Waals surface area contributed by atoms with Crippen molar-refractivity contribution >= 4 is 27.5 Å². The Bertz CT molecular complexity index is 1210. The highest BCUT2D eigenvalue weighted by atomic mass is 16.5. The van der Waals surface area contributed by atoms with Gasteiger partial charge in [0.05, 0.1) is 43.3 Å². The summed E-state index contributed by atoms with van der Waals surface area (Å²) in [6.07, 6.45) is 3.68. The Morgan fingerprint density at radius 1 is 0.867 bits per heavy atom. The average molecular weight is 404 g/mol. The topological polar surface area (TPSA) is 68.5 Å². The van der Waals surface area contributed by atoms with Crippen LogP contribution in [0, 0.1) is 0 Å². The van der Waals surface area contributed by atoms with Gasteiger partial charge in [-0.25, -0.2) is 4.68 Å². The molecule has 8 heteroatoms. The molecule has 0 N–H and O–H groups in total. The highest BCUT2D eigenvalue weighted by molar-refractivity contribution is 5.96. The molecule has 154 valence electrons. The van der Waals surface area contributed by atoms with E-state index >= 15 is 0 Å². The fraction of sp³-hybridized carbons (Fsp3) is 0.318. The lowest BCUT2D eigenvalue weighted by Crippen LogP contribution is -2.44. The highest BCUT2D eigenvalue weighted by Gasteiger charge is 2.19. The Morgan fingerprint density at radius 2 is 1.63 bits per heavy atom. The fourth-order valence-electron chi connectivity index (χ4n) is 4.09. The summed E-state index contributed by atoms with van der Waals surface area (Å²) >= 11 is 0. The molecule has 4 aromatic rings. The Balaban J connectivity index is 1.65. The number of piperazine rings is 1. The predicted octanol–water partition coefficient (Wildman–Crippen LogP) is 2.74. The summed E-state index contributed by atoms with van der Waals surface area (Å²) in [5.74, 6) is 1.27. The summed E-state index contributed by atoms with van der Waals surface area (Å²) in [5, 5.41) is 15.2. The zero-order chi connectivity index (χ0) is 20.7. The van der Waals surface area contributed by atoms with Crippen LogP contribution in [0.15, 0.2) is 42.7 Å². The molecule has 0 bridgehead atoms. The van der Waals surface area contributed by atoms with E-state index in [1.54, 1.807) is 20.4 Å². The zero-order valence-electron chi connectivity index (χ0n) is 17.4. The molecular weight excluding hydrogens is 380 g/mol. The highest BCUT2D eigenvalue weighted by Crippen LogP contribution is 2.35. The predicted molar refractivity (Wildman–Crippen MR) is 117 cm³/mol. The smallest absolute Gasteiger partial charge is 0.162 e. The van der Waals surface area contributed by atoms with E-state index in [2.05, 4.69) is 45.2 Å². The number of nitrogens with zero attached hydrogens (tertiary/aromatic N) is 6. The number of rotatable bonds is 4. The van der Waals surface area contributed by atoms with Crippen LogP contribution in [0.2, 0.25) is 0 Å². The molecule has 0 saturated carbocycles. The van der Waals surface area contributed by atoms with E-state index in [1.807, 2.05) is 23.0 Å². The molecule has 0 atom stereocenters. The molecule has 0 radical (unpaired) electrons. The van der Waals surface area contributed by atoms with Crippen molar-refractivity contribution in [2.24, 2.45) is 0 Å². The number of hydrogen-bond donors (Lipinski definition) is 0. The molecule has 2 aromatic heterocycles. The molecule has 0 amide bonds. The second kappa shape index (κ2) is 7.46. The summed E-state index contributed by atoms with van der Waals surface area (Å²) in [4.78, 5) is 4.79. The quantitative estimate of drug-likeness (QED) is 0.518. The molecule has 0 spiro atoms. The van der Waals surface area contributed by atoms with Crippen LogP contribution in [0.3, 0.4) is 0 Å². The molecule has 1 saturated heterocycles. The first-order chi connectivity index (χ1) is 14.7. The average Bonchev–Trinajstić information content (AvgIpc) is 3.22. The third-order valence-corrected chi connectivity index (χ3v) is 5.79. The van der Waals surface area contributed by atoms with Gasteiger partial charge in [-0.2, -0.15) is 15.3 Å². The van der Waals surface area contributed by atoms with E-state index in [0.717, 1.165) is 53.7 Å². The lowest BCUT2D eigenvalue weighted by molar-refractivity contribution is 0.313. The number of methoxy groups -OCH3 is 2. The van der Waals surface area contributed by atoms with Crippen molar-refractivity contribution < 1.29 is 9.47 Å². The molecule has 1 aliphatic rings. The number of hydrogen-bond acceptors (Lipinski definition) is 7. The van der Waals surface area contributed by atoms with E-state index in [4.69, 9.17) is 14.6 Å². The molecule has 1 fully saturated rings. The largest absolute Gasteiger partial charge is 0.493 e. The maximum Gasteiger partial charge on any atom is 0.162 e. The van der Waals surface area contributed by atoms with Gasteiger partial charge in [-0.3, -0.25) is 0 Å². The SMILES string of the molecule is COc1cc2nncc(-n3ncc4c(N5CCN(C)CC5)cccc43)c2cc1OC. The van der Waals surface area contributed by atoms with Gasteiger partial charge in [0, 0.05) is 48.7 Å². The van der Waals surface area contributed by atoms with Gasteiger partial charge in [-0.15, -0.1) is 0 Å². The van der Waals surface area contributed by atoms with Crippen molar-refractivity contribution in [3.8, 4) is 17.2 Å². The maximum absolute atomic E-state index is 5.50. The van der Waals surface area contributed by atoms with E-state index in [9.17, 15) is 0 Å². The number of ether oxygens (including phenoxy) is 2. The summed E-state index contributed by atoms with van der Waals surface area (Å²) < 4.78 is 12.8. The minimum Gasteiger partial charge on any atom is -0.493 e. The Kier molecular flexibility index (Phi) is 4.63. The van der Waals surface area contributed by atoms with Gasteiger partial charge in [0.1, 0.15) is 0 Å². The van der Waals surface area contributed by atoms with Crippen LogP contribution in [-0.4, -0.2) is 72.3 Å². The van der Waals surface area contributed by atoms with E-state index in [0.29, 0.717) is 11.5 Å². The summed E-state index contributed by atoms with van der Waals surface area (Å²) in [7, 11) is 5.41. The Hall–Kier alpha value is -3.39. The van der Waals surface area contributed by atoms with Crippen LogP contribution in [0.4, 0.5) is 5.69 Å². The van der Waals surface area contributed by atoms with Crippen molar-refractivity contribution in [1.29, 1.82) is 0 Å². The molecular formula is C22H24N6O2. The number of likely N-dealkylation sites (N-methyl/N-ethyl adjacent to an activating group) is 1. The molecule has 5 rings (SSSR count). The minimum atomic E-state index is 0.624. The van der Waals surface area contributed by atoms with E-state index in [-0.39, 0.29) is 0 Å². The molecule has 3 heterocycles. The Labute approximate surface area is 174 Å². The van der Waals surface area contributed by atoms with Crippen LogP contribution in [0.1, 0.15) is 0 Å². The second-order valence-electron chi connectivity index (χ2n) is 7.51. The first kappa shape index (κ1) is 18.6. The van der Waals surface area contributed by atoms with Gasteiger partial charge < -0.3 is 19.3 Å². The van der Waals surface area contributed by atoms with Crippen molar-refractivity contribution in [3.05, 3.63) is 42.7 Å². The monoisotopic (exact) mass is 404 g/mol. The molecule has 0 unspecified atom stereocenters. The number of anilines is 1. The summed E-state index contributed by atoms with van der Waals surface area (Å²) in [5.41, 5.74) is 3.84.